The van der Waals surface area contributed by atoms with E-state index in [1.807, 2.05) is 6.92 Å². The van der Waals surface area contributed by atoms with Gasteiger partial charge in [-0.2, -0.15) is 0 Å². The van der Waals surface area contributed by atoms with Crippen molar-refractivity contribution in [2.45, 2.75) is 39.5 Å². The molecule has 0 spiro atoms. The molecule has 0 aliphatic rings. The zero-order valence-electron chi connectivity index (χ0n) is 8.59. The number of aliphatic carboxylic acids is 1. The van der Waals surface area contributed by atoms with Gasteiger partial charge < -0.3 is 9.67 Å². The maximum Gasteiger partial charge on any atom is 0.319 e. The molecule has 0 aromatic carbocycles. The van der Waals surface area contributed by atoms with Crippen molar-refractivity contribution in [1.29, 1.82) is 0 Å². The van der Waals surface area contributed by atoms with Gasteiger partial charge in [0.15, 0.2) is 0 Å². The Balaban J connectivity index is 4.45. The van der Waals surface area contributed by atoms with Gasteiger partial charge in [0.25, 0.3) is 0 Å². The first-order valence-electron chi connectivity index (χ1n) is 4.30. The van der Waals surface area contributed by atoms with Crippen molar-refractivity contribution < 1.29 is 9.90 Å². The highest BCUT2D eigenvalue weighted by atomic mass is 28.3. The van der Waals surface area contributed by atoms with E-state index in [2.05, 4.69) is 24.2 Å². The van der Waals surface area contributed by atoms with Gasteiger partial charge in [0, 0.05) is 0 Å². The SMILES string of the molecule is CCN(C(C)C(=O)O)[Si](C)(C)C. The summed E-state index contributed by atoms with van der Waals surface area (Å²) in [7, 11) is -1.46. The highest BCUT2D eigenvalue weighted by Gasteiger charge is 2.30. The number of carbonyl (C=O) groups is 1. The zero-order chi connectivity index (χ0) is 9.94. The first-order chi connectivity index (χ1) is 5.30. The maximum absolute atomic E-state index is 10.7. The third-order valence-electron chi connectivity index (χ3n) is 2.03. The van der Waals surface area contributed by atoms with E-state index in [-0.39, 0.29) is 6.04 Å². The summed E-state index contributed by atoms with van der Waals surface area (Å²) < 4.78 is 2.09. The third kappa shape index (κ3) is 2.95. The molecule has 0 aromatic heterocycles. The van der Waals surface area contributed by atoms with Gasteiger partial charge in [-0.3, -0.25) is 4.79 Å². The number of carboxylic acid groups (broad SMARTS) is 1. The van der Waals surface area contributed by atoms with Crippen LogP contribution in [0.1, 0.15) is 13.8 Å². The molecule has 4 heteroatoms. The molecule has 0 radical (unpaired) electrons. The van der Waals surface area contributed by atoms with Crippen molar-refractivity contribution in [2.75, 3.05) is 6.54 Å². The molecule has 0 rings (SSSR count). The lowest BCUT2D eigenvalue weighted by atomic mass is 10.3. The summed E-state index contributed by atoms with van der Waals surface area (Å²) >= 11 is 0. The van der Waals surface area contributed by atoms with E-state index in [1.54, 1.807) is 6.92 Å². The van der Waals surface area contributed by atoms with Crippen LogP contribution in [0.5, 0.6) is 0 Å². The molecule has 0 saturated carbocycles. The normalized spacial score (nSPS) is 14.8. The third-order valence-corrected chi connectivity index (χ3v) is 4.45. The van der Waals surface area contributed by atoms with Crippen LogP contribution in [-0.2, 0) is 4.79 Å². The van der Waals surface area contributed by atoms with Gasteiger partial charge in [0.1, 0.15) is 8.24 Å². The monoisotopic (exact) mass is 189 g/mol. The number of nitrogens with zero attached hydrogens (tertiary/aromatic N) is 1. The minimum atomic E-state index is -1.46. The molecular weight excluding hydrogens is 170 g/mol. The minimum absolute atomic E-state index is 0.346. The summed E-state index contributed by atoms with van der Waals surface area (Å²) in [5, 5.41) is 8.83. The van der Waals surface area contributed by atoms with Gasteiger partial charge in [-0.15, -0.1) is 0 Å². The molecule has 0 fully saturated rings. The summed E-state index contributed by atoms with van der Waals surface area (Å²) in [5.74, 6) is -0.723. The fourth-order valence-corrected chi connectivity index (χ4v) is 3.68. The Labute approximate surface area is 75.5 Å². The number of likely N-dealkylation sites (N-methyl/N-ethyl adjacent to an activating group) is 1. The molecule has 1 atom stereocenters. The first kappa shape index (κ1) is 11.6. The van der Waals surface area contributed by atoms with Crippen LogP contribution in [0, 0.1) is 0 Å². The Bertz CT molecular complexity index is 165. The summed E-state index contributed by atoms with van der Waals surface area (Å²) in [4.78, 5) is 10.7. The molecule has 12 heavy (non-hydrogen) atoms. The van der Waals surface area contributed by atoms with Gasteiger partial charge >= 0.3 is 5.97 Å². The predicted molar refractivity (Wildman–Crippen MR) is 52.8 cm³/mol. The van der Waals surface area contributed by atoms with Gasteiger partial charge in [-0.05, 0) is 13.5 Å². The van der Waals surface area contributed by atoms with Crippen LogP contribution in [0.15, 0.2) is 0 Å². The van der Waals surface area contributed by atoms with E-state index in [0.717, 1.165) is 6.54 Å². The predicted octanol–water partition coefficient (Wildman–Crippen LogP) is 1.62. The Morgan fingerprint density at radius 3 is 2.00 bits per heavy atom. The van der Waals surface area contributed by atoms with E-state index in [9.17, 15) is 4.79 Å². The highest BCUT2D eigenvalue weighted by Crippen LogP contribution is 2.12. The van der Waals surface area contributed by atoms with E-state index in [4.69, 9.17) is 5.11 Å². The summed E-state index contributed by atoms with van der Waals surface area (Å²) in [5.41, 5.74) is 0. The minimum Gasteiger partial charge on any atom is -0.480 e. The molecule has 0 aliphatic carbocycles. The Kier molecular flexibility index (Phi) is 3.93. The van der Waals surface area contributed by atoms with E-state index < -0.39 is 14.2 Å². The number of rotatable bonds is 4. The fourth-order valence-electron chi connectivity index (χ4n) is 1.46. The zero-order valence-corrected chi connectivity index (χ0v) is 9.59. The molecule has 1 N–H and O–H groups in total. The van der Waals surface area contributed by atoms with E-state index in [0.29, 0.717) is 0 Å². The number of carboxylic acids is 1. The molecule has 0 aliphatic heterocycles. The Hall–Kier alpha value is -0.353. The molecule has 72 valence electrons. The second-order valence-electron chi connectivity index (χ2n) is 3.97. The standard InChI is InChI=1S/C8H19NO2Si/c1-6-9(12(3,4)5)7(2)8(10)11/h7H,6H2,1-5H3,(H,10,11). The van der Waals surface area contributed by atoms with E-state index >= 15 is 0 Å². The maximum atomic E-state index is 10.7. The van der Waals surface area contributed by atoms with Crippen molar-refractivity contribution in [2.24, 2.45) is 0 Å². The number of hydrogen-bond donors (Lipinski definition) is 1. The van der Waals surface area contributed by atoms with Crippen LogP contribution >= 0.6 is 0 Å². The van der Waals surface area contributed by atoms with Gasteiger partial charge in [0.2, 0.25) is 0 Å². The second-order valence-corrected chi connectivity index (χ2v) is 8.89. The topological polar surface area (TPSA) is 40.5 Å². The van der Waals surface area contributed by atoms with Crippen molar-refractivity contribution in [1.82, 2.24) is 4.57 Å². The lowest BCUT2D eigenvalue weighted by molar-refractivity contribution is -0.141. The molecule has 3 nitrogen and oxygen atoms in total. The van der Waals surface area contributed by atoms with Crippen molar-refractivity contribution in [3.63, 3.8) is 0 Å². The Morgan fingerprint density at radius 1 is 1.50 bits per heavy atom. The smallest absolute Gasteiger partial charge is 0.319 e. The average molecular weight is 189 g/mol. The summed E-state index contributed by atoms with van der Waals surface area (Å²) in [6.07, 6.45) is 0. The van der Waals surface area contributed by atoms with Crippen LogP contribution in [0.2, 0.25) is 19.6 Å². The Morgan fingerprint density at radius 2 is 1.92 bits per heavy atom. The fraction of sp³-hybridized carbons (Fsp3) is 0.875. The van der Waals surface area contributed by atoms with Gasteiger partial charge in [-0.1, -0.05) is 26.6 Å². The number of hydrogen-bond acceptors (Lipinski definition) is 2. The lowest BCUT2D eigenvalue weighted by Crippen LogP contribution is -2.53. The molecule has 0 bridgehead atoms. The van der Waals surface area contributed by atoms with Crippen molar-refractivity contribution >= 4 is 14.2 Å². The van der Waals surface area contributed by atoms with Gasteiger partial charge in [0.05, 0.1) is 6.04 Å². The molecular formula is C8H19NO2Si. The molecule has 0 amide bonds. The molecule has 0 heterocycles. The van der Waals surface area contributed by atoms with Gasteiger partial charge in [-0.25, -0.2) is 0 Å². The van der Waals surface area contributed by atoms with Crippen LogP contribution in [-0.4, -0.2) is 36.5 Å². The molecule has 1 unspecified atom stereocenters. The first-order valence-corrected chi connectivity index (χ1v) is 7.75. The second kappa shape index (κ2) is 4.05. The van der Waals surface area contributed by atoms with Crippen LogP contribution in [0.25, 0.3) is 0 Å². The summed E-state index contributed by atoms with van der Waals surface area (Å²) in [6, 6.07) is -0.346. The van der Waals surface area contributed by atoms with E-state index in [1.165, 1.54) is 0 Å². The van der Waals surface area contributed by atoms with Crippen LogP contribution in [0.4, 0.5) is 0 Å². The van der Waals surface area contributed by atoms with Crippen molar-refractivity contribution in [3.8, 4) is 0 Å². The molecule has 0 aromatic rings. The largest absolute Gasteiger partial charge is 0.480 e. The summed E-state index contributed by atoms with van der Waals surface area (Å²) in [6.45, 7) is 11.1. The lowest BCUT2D eigenvalue weighted by Gasteiger charge is -2.35. The average Bonchev–Trinajstić information content (AvgIpc) is 1.85. The molecule has 0 saturated heterocycles. The van der Waals surface area contributed by atoms with Crippen LogP contribution < -0.4 is 0 Å². The van der Waals surface area contributed by atoms with Crippen molar-refractivity contribution in [3.05, 3.63) is 0 Å². The van der Waals surface area contributed by atoms with Crippen LogP contribution in [0.3, 0.4) is 0 Å². The highest BCUT2D eigenvalue weighted by molar-refractivity contribution is 6.73. The quantitative estimate of drug-likeness (QED) is 0.683.